The lowest BCUT2D eigenvalue weighted by Crippen LogP contribution is -2.05. The molecule has 0 radical (unpaired) electrons. The summed E-state index contributed by atoms with van der Waals surface area (Å²) in [7, 11) is 0. The highest BCUT2D eigenvalue weighted by Gasteiger charge is 2.04. The summed E-state index contributed by atoms with van der Waals surface area (Å²) in [5, 5.41) is 8.64. The second-order valence-corrected chi connectivity index (χ2v) is 2.33. The van der Waals surface area contributed by atoms with Gasteiger partial charge in [0.05, 0.1) is 6.54 Å². The van der Waals surface area contributed by atoms with E-state index < -0.39 is 0 Å². The van der Waals surface area contributed by atoms with Gasteiger partial charge in [0.25, 0.3) is 0 Å². The van der Waals surface area contributed by atoms with Crippen molar-refractivity contribution in [3.63, 3.8) is 0 Å². The van der Waals surface area contributed by atoms with Crippen LogP contribution in [0.15, 0.2) is 10.5 Å². The van der Waals surface area contributed by atoms with Crippen molar-refractivity contribution in [3.8, 4) is 0 Å². The highest BCUT2D eigenvalue weighted by molar-refractivity contribution is 6.29. The van der Waals surface area contributed by atoms with Gasteiger partial charge in [-0.3, -0.25) is 0 Å². The molecule has 0 aromatic carbocycles. The largest absolute Gasteiger partial charge is 0.450 e. The van der Waals surface area contributed by atoms with Crippen LogP contribution in [0.5, 0.6) is 0 Å². The third-order valence-corrected chi connectivity index (χ3v) is 1.47. The minimum atomic E-state index is 0.316. The van der Waals surface area contributed by atoms with Crippen LogP contribution in [0.1, 0.15) is 11.3 Å². The highest BCUT2D eigenvalue weighted by atomic mass is 35.5. The Bertz CT molecular complexity index is 222. The van der Waals surface area contributed by atoms with Crippen molar-refractivity contribution in [2.24, 2.45) is 0 Å². The molecule has 0 fully saturated rings. The minimum absolute atomic E-state index is 0.316. The van der Waals surface area contributed by atoms with E-state index in [1.807, 2.05) is 5.48 Å². The van der Waals surface area contributed by atoms with Crippen molar-refractivity contribution in [1.29, 1.82) is 0 Å². The van der Waals surface area contributed by atoms with E-state index in [4.69, 9.17) is 21.2 Å². The predicted molar refractivity (Wildman–Crippen MR) is 37.1 cm³/mol. The van der Waals surface area contributed by atoms with E-state index in [0.29, 0.717) is 11.8 Å². The topological polar surface area (TPSA) is 45.4 Å². The fourth-order valence-electron chi connectivity index (χ4n) is 0.744. The first-order chi connectivity index (χ1) is 4.74. The molecule has 0 saturated carbocycles. The second-order valence-electron chi connectivity index (χ2n) is 1.99. The van der Waals surface area contributed by atoms with Crippen molar-refractivity contribution in [2.45, 2.75) is 13.5 Å². The monoisotopic (exact) mass is 161 g/mol. The summed E-state index contributed by atoms with van der Waals surface area (Å²) >= 11 is 5.61. The molecule has 0 amide bonds. The number of hydroxylamine groups is 1. The Hall–Kier alpha value is -0.510. The summed E-state index contributed by atoms with van der Waals surface area (Å²) in [5.74, 6) is 0.746. The van der Waals surface area contributed by atoms with Crippen molar-refractivity contribution < 1.29 is 9.62 Å². The zero-order valence-electron chi connectivity index (χ0n) is 5.52. The number of aryl methyl sites for hydroxylation is 1. The van der Waals surface area contributed by atoms with Crippen LogP contribution >= 0.6 is 11.6 Å². The molecule has 0 aliphatic heterocycles. The number of nitrogens with one attached hydrogen (secondary N) is 1. The summed E-state index contributed by atoms with van der Waals surface area (Å²) in [4.78, 5) is 0. The van der Waals surface area contributed by atoms with E-state index in [1.165, 1.54) is 0 Å². The lowest BCUT2D eigenvalue weighted by atomic mass is 10.3. The maximum absolute atomic E-state index is 8.30. The summed E-state index contributed by atoms with van der Waals surface area (Å²) in [6.07, 6.45) is 0. The predicted octanol–water partition coefficient (Wildman–Crippen LogP) is 1.72. The Morgan fingerprint density at radius 3 is 2.90 bits per heavy atom. The first-order valence-corrected chi connectivity index (χ1v) is 3.23. The first kappa shape index (κ1) is 7.60. The molecule has 56 valence electrons. The SMILES string of the molecule is Cc1cc(CNO)c(Cl)o1. The highest BCUT2D eigenvalue weighted by Crippen LogP contribution is 2.19. The van der Waals surface area contributed by atoms with Crippen LogP contribution in [-0.4, -0.2) is 5.21 Å². The van der Waals surface area contributed by atoms with Gasteiger partial charge in [-0.2, -0.15) is 0 Å². The molecular formula is C6H8ClNO2. The van der Waals surface area contributed by atoms with Gasteiger partial charge in [0.2, 0.25) is 0 Å². The Morgan fingerprint density at radius 2 is 2.50 bits per heavy atom. The van der Waals surface area contributed by atoms with Crippen molar-refractivity contribution in [3.05, 3.63) is 22.6 Å². The molecule has 0 atom stereocenters. The van der Waals surface area contributed by atoms with Crippen molar-refractivity contribution in [2.75, 3.05) is 0 Å². The lowest BCUT2D eigenvalue weighted by molar-refractivity contribution is 0.161. The molecule has 3 nitrogen and oxygen atoms in total. The minimum Gasteiger partial charge on any atom is -0.450 e. The van der Waals surface area contributed by atoms with Gasteiger partial charge in [-0.25, -0.2) is 5.48 Å². The van der Waals surface area contributed by atoms with Crippen LogP contribution in [0.3, 0.4) is 0 Å². The standard InChI is InChI=1S/C6H8ClNO2/c1-4-2-5(3-8-9)6(7)10-4/h2,8-9H,3H2,1H3. The molecule has 0 aliphatic carbocycles. The average molecular weight is 162 g/mol. The third kappa shape index (κ3) is 1.50. The number of furan rings is 1. The zero-order valence-corrected chi connectivity index (χ0v) is 6.27. The molecular weight excluding hydrogens is 154 g/mol. The summed E-state index contributed by atoms with van der Waals surface area (Å²) < 4.78 is 4.98. The van der Waals surface area contributed by atoms with Crippen LogP contribution in [0.4, 0.5) is 0 Å². The number of halogens is 1. The number of hydrogen-bond donors (Lipinski definition) is 2. The molecule has 4 heteroatoms. The Balaban J connectivity index is 2.81. The normalized spacial score (nSPS) is 10.3. The molecule has 0 saturated heterocycles. The van der Waals surface area contributed by atoms with Crippen LogP contribution in [-0.2, 0) is 6.54 Å². The molecule has 0 spiro atoms. The molecule has 10 heavy (non-hydrogen) atoms. The van der Waals surface area contributed by atoms with Gasteiger partial charge in [-0.05, 0) is 24.6 Å². The van der Waals surface area contributed by atoms with E-state index in [1.54, 1.807) is 13.0 Å². The second kappa shape index (κ2) is 3.05. The van der Waals surface area contributed by atoms with E-state index in [-0.39, 0.29) is 0 Å². The third-order valence-electron chi connectivity index (χ3n) is 1.15. The van der Waals surface area contributed by atoms with Crippen LogP contribution in [0.25, 0.3) is 0 Å². The van der Waals surface area contributed by atoms with E-state index in [0.717, 1.165) is 11.3 Å². The van der Waals surface area contributed by atoms with Gasteiger partial charge in [0.1, 0.15) is 5.76 Å². The van der Waals surface area contributed by atoms with E-state index in [9.17, 15) is 0 Å². The average Bonchev–Trinajstić information content (AvgIpc) is 2.13. The maximum atomic E-state index is 8.30. The molecule has 1 aromatic heterocycles. The Kier molecular flexibility index (Phi) is 2.32. The van der Waals surface area contributed by atoms with Crippen LogP contribution in [0.2, 0.25) is 5.22 Å². The lowest BCUT2D eigenvalue weighted by Gasteiger charge is -1.90. The number of hydrogen-bond acceptors (Lipinski definition) is 3. The van der Waals surface area contributed by atoms with Gasteiger partial charge >= 0.3 is 0 Å². The molecule has 0 bridgehead atoms. The van der Waals surface area contributed by atoms with Crippen molar-refractivity contribution in [1.82, 2.24) is 5.48 Å². The fourth-order valence-corrected chi connectivity index (χ4v) is 0.987. The fraction of sp³-hybridized carbons (Fsp3) is 0.333. The zero-order chi connectivity index (χ0) is 7.56. The molecule has 0 unspecified atom stereocenters. The van der Waals surface area contributed by atoms with E-state index >= 15 is 0 Å². The van der Waals surface area contributed by atoms with Crippen LogP contribution < -0.4 is 5.48 Å². The maximum Gasteiger partial charge on any atom is 0.197 e. The first-order valence-electron chi connectivity index (χ1n) is 2.86. The van der Waals surface area contributed by atoms with Crippen molar-refractivity contribution >= 4 is 11.6 Å². The summed E-state index contributed by atoms with van der Waals surface area (Å²) in [6.45, 7) is 2.11. The molecule has 1 rings (SSSR count). The van der Waals surface area contributed by atoms with E-state index in [2.05, 4.69) is 0 Å². The van der Waals surface area contributed by atoms with Gasteiger partial charge in [-0.15, -0.1) is 0 Å². The Morgan fingerprint density at radius 1 is 1.80 bits per heavy atom. The molecule has 1 aromatic rings. The molecule has 1 heterocycles. The van der Waals surface area contributed by atoms with Gasteiger partial charge in [0.15, 0.2) is 5.22 Å². The molecule has 0 aliphatic rings. The van der Waals surface area contributed by atoms with Gasteiger partial charge < -0.3 is 9.62 Å². The van der Waals surface area contributed by atoms with Gasteiger partial charge in [0, 0.05) is 5.56 Å². The molecule has 2 N–H and O–H groups in total. The van der Waals surface area contributed by atoms with Crippen LogP contribution in [0, 0.1) is 6.92 Å². The number of rotatable bonds is 2. The summed E-state index contributed by atoms with van der Waals surface area (Å²) in [5.41, 5.74) is 2.76. The van der Waals surface area contributed by atoms with Gasteiger partial charge in [-0.1, -0.05) is 0 Å². The Labute approximate surface area is 63.6 Å². The summed E-state index contributed by atoms with van der Waals surface area (Å²) in [6, 6.07) is 1.77. The smallest absolute Gasteiger partial charge is 0.197 e. The quantitative estimate of drug-likeness (QED) is 0.650.